The SMILES string of the molecule is COc1cccc2cc(CNCC3(O)CCOCC3)oc12. The maximum absolute atomic E-state index is 10.4. The van der Waals surface area contributed by atoms with Gasteiger partial charge in [0.05, 0.1) is 19.3 Å². The number of nitrogens with one attached hydrogen (secondary N) is 1. The third kappa shape index (κ3) is 3.20. The van der Waals surface area contributed by atoms with E-state index in [9.17, 15) is 5.11 Å². The number of benzene rings is 1. The number of fused-ring (bicyclic) bond motifs is 1. The number of aliphatic hydroxyl groups is 1. The van der Waals surface area contributed by atoms with Crippen LogP contribution in [0.15, 0.2) is 28.7 Å². The summed E-state index contributed by atoms with van der Waals surface area (Å²) < 4.78 is 16.4. The van der Waals surface area contributed by atoms with Crippen molar-refractivity contribution in [3.8, 4) is 5.75 Å². The predicted molar refractivity (Wildman–Crippen MR) is 79.5 cm³/mol. The topological polar surface area (TPSA) is 63.9 Å². The van der Waals surface area contributed by atoms with Crippen LogP contribution in [-0.2, 0) is 11.3 Å². The number of furan rings is 1. The predicted octanol–water partition coefficient (Wildman–Crippen LogP) is 2.07. The first-order valence-corrected chi connectivity index (χ1v) is 7.26. The van der Waals surface area contributed by atoms with Crippen molar-refractivity contribution in [3.05, 3.63) is 30.0 Å². The smallest absolute Gasteiger partial charge is 0.176 e. The van der Waals surface area contributed by atoms with E-state index in [0.717, 1.165) is 22.5 Å². The maximum atomic E-state index is 10.4. The van der Waals surface area contributed by atoms with Crippen LogP contribution in [0, 0.1) is 0 Å². The van der Waals surface area contributed by atoms with Gasteiger partial charge in [0.15, 0.2) is 11.3 Å². The Morgan fingerprint density at radius 1 is 1.33 bits per heavy atom. The van der Waals surface area contributed by atoms with Crippen molar-refractivity contribution < 1.29 is 19.0 Å². The molecule has 2 N–H and O–H groups in total. The molecule has 3 rings (SSSR count). The lowest BCUT2D eigenvalue weighted by molar-refractivity contribution is -0.0618. The molecule has 0 radical (unpaired) electrons. The minimum Gasteiger partial charge on any atom is -0.493 e. The molecule has 1 aromatic carbocycles. The highest BCUT2D eigenvalue weighted by Crippen LogP contribution is 2.28. The van der Waals surface area contributed by atoms with Gasteiger partial charge >= 0.3 is 0 Å². The van der Waals surface area contributed by atoms with Gasteiger partial charge in [0, 0.05) is 38.0 Å². The van der Waals surface area contributed by atoms with Crippen LogP contribution in [0.25, 0.3) is 11.0 Å². The van der Waals surface area contributed by atoms with Gasteiger partial charge < -0.3 is 24.3 Å². The molecule has 0 aliphatic carbocycles. The van der Waals surface area contributed by atoms with Crippen LogP contribution in [0.2, 0.25) is 0 Å². The lowest BCUT2D eigenvalue weighted by Crippen LogP contribution is -2.44. The molecule has 1 aliphatic rings. The Labute approximate surface area is 123 Å². The fraction of sp³-hybridized carbons (Fsp3) is 0.500. The average Bonchev–Trinajstić information content (AvgIpc) is 2.90. The van der Waals surface area contributed by atoms with E-state index in [4.69, 9.17) is 13.9 Å². The van der Waals surface area contributed by atoms with Crippen molar-refractivity contribution in [2.24, 2.45) is 0 Å². The van der Waals surface area contributed by atoms with Gasteiger partial charge in [-0.15, -0.1) is 0 Å². The van der Waals surface area contributed by atoms with E-state index >= 15 is 0 Å². The molecule has 2 aromatic rings. The highest BCUT2D eigenvalue weighted by molar-refractivity contribution is 5.83. The fourth-order valence-corrected chi connectivity index (χ4v) is 2.68. The molecule has 5 heteroatoms. The summed E-state index contributed by atoms with van der Waals surface area (Å²) in [6, 6.07) is 7.82. The van der Waals surface area contributed by atoms with Crippen molar-refractivity contribution in [2.45, 2.75) is 25.0 Å². The second-order valence-corrected chi connectivity index (χ2v) is 5.53. The number of ether oxygens (including phenoxy) is 2. The van der Waals surface area contributed by atoms with E-state index in [-0.39, 0.29) is 0 Å². The Kier molecular flexibility index (Phi) is 4.14. The first kappa shape index (κ1) is 14.4. The van der Waals surface area contributed by atoms with Crippen LogP contribution >= 0.6 is 0 Å². The van der Waals surface area contributed by atoms with Gasteiger partial charge in [0.25, 0.3) is 0 Å². The van der Waals surface area contributed by atoms with Crippen molar-refractivity contribution in [1.29, 1.82) is 0 Å². The number of rotatable bonds is 5. The Morgan fingerprint density at radius 3 is 2.90 bits per heavy atom. The van der Waals surface area contributed by atoms with Gasteiger partial charge in [-0.25, -0.2) is 0 Å². The van der Waals surface area contributed by atoms with Gasteiger partial charge in [-0.2, -0.15) is 0 Å². The molecular weight excluding hydrogens is 270 g/mol. The third-order valence-electron chi connectivity index (χ3n) is 3.96. The summed E-state index contributed by atoms with van der Waals surface area (Å²) in [5.41, 5.74) is 0.101. The van der Waals surface area contributed by atoms with Crippen molar-refractivity contribution in [1.82, 2.24) is 5.32 Å². The van der Waals surface area contributed by atoms with Crippen LogP contribution in [0.3, 0.4) is 0 Å². The van der Waals surface area contributed by atoms with Crippen LogP contribution in [0.1, 0.15) is 18.6 Å². The second-order valence-electron chi connectivity index (χ2n) is 5.53. The monoisotopic (exact) mass is 291 g/mol. The minimum absolute atomic E-state index is 0.546. The summed E-state index contributed by atoms with van der Waals surface area (Å²) >= 11 is 0. The summed E-state index contributed by atoms with van der Waals surface area (Å²) in [4.78, 5) is 0. The van der Waals surface area contributed by atoms with E-state index in [1.807, 2.05) is 24.3 Å². The summed E-state index contributed by atoms with van der Waals surface area (Å²) in [6.07, 6.45) is 1.35. The Morgan fingerprint density at radius 2 is 2.14 bits per heavy atom. The van der Waals surface area contributed by atoms with Crippen LogP contribution in [-0.4, -0.2) is 37.6 Å². The molecule has 0 unspecified atom stereocenters. The summed E-state index contributed by atoms with van der Waals surface area (Å²) in [6.45, 7) is 2.38. The summed E-state index contributed by atoms with van der Waals surface area (Å²) in [7, 11) is 1.63. The molecule has 1 aromatic heterocycles. The van der Waals surface area contributed by atoms with E-state index in [0.29, 0.717) is 39.1 Å². The molecule has 0 bridgehead atoms. The third-order valence-corrected chi connectivity index (χ3v) is 3.96. The van der Waals surface area contributed by atoms with E-state index in [1.165, 1.54) is 0 Å². The van der Waals surface area contributed by atoms with Gasteiger partial charge in [-0.05, 0) is 12.1 Å². The van der Waals surface area contributed by atoms with Crippen LogP contribution in [0.5, 0.6) is 5.75 Å². The van der Waals surface area contributed by atoms with Gasteiger partial charge in [0.2, 0.25) is 0 Å². The molecule has 0 amide bonds. The van der Waals surface area contributed by atoms with Crippen molar-refractivity contribution >= 4 is 11.0 Å². The van der Waals surface area contributed by atoms with Gasteiger partial charge in [-0.3, -0.25) is 0 Å². The van der Waals surface area contributed by atoms with Crippen LogP contribution < -0.4 is 10.1 Å². The largest absolute Gasteiger partial charge is 0.493 e. The standard InChI is InChI=1S/C16H21NO4/c1-19-14-4-2-3-12-9-13(21-15(12)14)10-17-11-16(18)5-7-20-8-6-16/h2-4,9,17-18H,5-8,10-11H2,1H3. The average molecular weight is 291 g/mol. The molecule has 2 heterocycles. The lowest BCUT2D eigenvalue weighted by Gasteiger charge is -2.32. The molecule has 1 aliphatic heterocycles. The Balaban J connectivity index is 1.63. The number of para-hydroxylation sites is 1. The highest BCUT2D eigenvalue weighted by Gasteiger charge is 2.29. The quantitative estimate of drug-likeness (QED) is 0.883. The molecule has 1 saturated heterocycles. The summed E-state index contributed by atoms with van der Waals surface area (Å²) in [5, 5.41) is 14.7. The molecule has 0 atom stereocenters. The first-order valence-electron chi connectivity index (χ1n) is 7.26. The van der Waals surface area contributed by atoms with Crippen molar-refractivity contribution in [3.63, 3.8) is 0 Å². The molecule has 21 heavy (non-hydrogen) atoms. The highest BCUT2D eigenvalue weighted by atomic mass is 16.5. The molecule has 0 spiro atoms. The molecule has 114 valence electrons. The number of hydrogen-bond donors (Lipinski definition) is 2. The molecule has 1 fully saturated rings. The van der Waals surface area contributed by atoms with E-state index in [2.05, 4.69) is 5.32 Å². The van der Waals surface area contributed by atoms with E-state index < -0.39 is 5.60 Å². The molecular formula is C16H21NO4. The minimum atomic E-state index is -0.665. The lowest BCUT2D eigenvalue weighted by atomic mass is 9.94. The zero-order valence-electron chi connectivity index (χ0n) is 12.2. The molecule has 0 saturated carbocycles. The van der Waals surface area contributed by atoms with Crippen LogP contribution in [0.4, 0.5) is 0 Å². The zero-order chi connectivity index (χ0) is 14.7. The normalized spacial score (nSPS) is 18.0. The number of hydrogen-bond acceptors (Lipinski definition) is 5. The van der Waals surface area contributed by atoms with Gasteiger partial charge in [-0.1, -0.05) is 12.1 Å². The Hall–Kier alpha value is -1.56. The number of methoxy groups -OCH3 is 1. The first-order chi connectivity index (χ1) is 10.2. The van der Waals surface area contributed by atoms with Gasteiger partial charge in [0.1, 0.15) is 5.76 Å². The Bertz CT molecular complexity index is 601. The second kappa shape index (κ2) is 6.05. The summed E-state index contributed by atoms with van der Waals surface area (Å²) in [5.74, 6) is 1.58. The fourth-order valence-electron chi connectivity index (χ4n) is 2.68. The van der Waals surface area contributed by atoms with Crippen molar-refractivity contribution in [2.75, 3.05) is 26.9 Å². The zero-order valence-corrected chi connectivity index (χ0v) is 12.2. The maximum Gasteiger partial charge on any atom is 0.176 e. The van der Waals surface area contributed by atoms with E-state index in [1.54, 1.807) is 7.11 Å². The molecule has 5 nitrogen and oxygen atoms in total.